The first-order valence-electron chi connectivity index (χ1n) is 7.79. The van der Waals surface area contributed by atoms with Crippen LogP contribution in [0.3, 0.4) is 0 Å². The largest absolute Gasteiger partial charge is 0.271 e. The van der Waals surface area contributed by atoms with Crippen LogP contribution in [-0.2, 0) is 0 Å². The van der Waals surface area contributed by atoms with Gasteiger partial charge in [-0.3, -0.25) is 11.3 Å². The Labute approximate surface area is 126 Å². The Balaban J connectivity index is 1.88. The topological polar surface area (TPSA) is 38.0 Å². The number of fused-ring (bicyclic) bond motifs is 1. The van der Waals surface area contributed by atoms with Gasteiger partial charge in [0.05, 0.1) is 0 Å². The van der Waals surface area contributed by atoms with E-state index in [0.29, 0.717) is 0 Å². The van der Waals surface area contributed by atoms with E-state index in [2.05, 4.69) is 42.0 Å². The molecule has 20 heavy (non-hydrogen) atoms. The summed E-state index contributed by atoms with van der Waals surface area (Å²) >= 11 is 1.81. The number of hydrazine groups is 1. The number of nitrogens with two attached hydrogens (primary N) is 1. The molecular weight excluding hydrogens is 264 g/mol. The maximum Gasteiger partial charge on any atom is 0.0474 e. The van der Waals surface area contributed by atoms with E-state index in [4.69, 9.17) is 5.84 Å². The van der Waals surface area contributed by atoms with Crippen LogP contribution in [-0.4, -0.2) is 0 Å². The second-order valence-corrected chi connectivity index (χ2v) is 6.37. The van der Waals surface area contributed by atoms with E-state index < -0.39 is 0 Å². The SMILES string of the molecule is CCCCCCCCC(NN)c1csc2ccccc12. The van der Waals surface area contributed by atoms with Crippen LogP contribution in [0, 0.1) is 0 Å². The lowest BCUT2D eigenvalue weighted by atomic mass is 9.99. The van der Waals surface area contributed by atoms with Crippen molar-refractivity contribution in [2.24, 2.45) is 5.84 Å². The van der Waals surface area contributed by atoms with E-state index in [0.717, 1.165) is 6.42 Å². The summed E-state index contributed by atoms with van der Waals surface area (Å²) in [6.07, 6.45) is 9.11. The minimum atomic E-state index is 0.289. The van der Waals surface area contributed by atoms with Crippen molar-refractivity contribution < 1.29 is 0 Å². The van der Waals surface area contributed by atoms with Gasteiger partial charge in [0.2, 0.25) is 0 Å². The molecule has 0 aliphatic carbocycles. The fraction of sp³-hybridized carbons (Fsp3) is 0.529. The van der Waals surface area contributed by atoms with Crippen LogP contribution in [0.25, 0.3) is 10.1 Å². The summed E-state index contributed by atoms with van der Waals surface area (Å²) in [5.41, 5.74) is 4.37. The molecule has 1 unspecified atom stereocenters. The summed E-state index contributed by atoms with van der Waals surface area (Å²) in [4.78, 5) is 0. The Kier molecular flexibility index (Phi) is 6.51. The molecule has 110 valence electrons. The third-order valence-corrected chi connectivity index (χ3v) is 4.92. The summed E-state index contributed by atoms with van der Waals surface area (Å²) < 4.78 is 1.35. The van der Waals surface area contributed by atoms with Gasteiger partial charge in [0.1, 0.15) is 0 Å². The molecule has 0 fully saturated rings. The van der Waals surface area contributed by atoms with Gasteiger partial charge in [-0.1, -0.05) is 63.6 Å². The Bertz CT molecular complexity index is 506. The van der Waals surface area contributed by atoms with Gasteiger partial charge in [0.15, 0.2) is 0 Å². The monoisotopic (exact) mass is 290 g/mol. The van der Waals surface area contributed by atoms with Crippen LogP contribution in [0.5, 0.6) is 0 Å². The summed E-state index contributed by atoms with van der Waals surface area (Å²) in [7, 11) is 0. The molecule has 0 saturated carbocycles. The lowest BCUT2D eigenvalue weighted by Gasteiger charge is -2.15. The van der Waals surface area contributed by atoms with Crippen LogP contribution in [0.1, 0.15) is 63.5 Å². The van der Waals surface area contributed by atoms with Crippen LogP contribution in [0.15, 0.2) is 29.6 Å². The molecule has 2 rings (SSSR count). The molecule has 0 aliphatic rings. The summed E-state index contributed by atoms with van der Waals surface area (Å²) in [6, 6.07) is 8.88. The molecule has 0 radical (unpaired) electrons. The third kappa shape index (κ3) is 4.05. The standard InChI is InChI=1S/C17H26N2S/c1-2-3-4-5-6-7-11-16(19-18)15-13-20-17-12-9-8-10-14(15)17/h8-10,12-13,16,19H,2-7,11,18H2,1H3. The molecule has 1 heterocycles. The molecule has 3 N–H and O–H groups in total. The van der Waals surface area contributed by atoms with Gasteiger partial charge >= 0.3 is 0 Å². The second-order valence-electron chi connectivity index (χ2n) is 5.46. The zero-order chi connectivity index (χ0) is 14.2. The number of hydrogen-bond donors (Lipinski definition) is 2. The highest BCUT2D eigenvalue weighted by atomic mass is 32.1. The van der Waals surface area contributed by atoms with Crippen LogP contribution >= 0.6 is 11.3 Å². The van der Waals surface area contributed by atoms with Crippen molar-refractivity contribution in [3.05, 3.63) is 35.2 Å². The number of benzene rings is 1. The first kappa shape index (κ1) is 15.5. The van der Waals surface area contributed by atoms with Gasteiger partial charge in [-0.25, -0.2) is 0 Å². The van der Waals surface area contributed by atoms with Crippen LogP contribution in [0.2, 0.25) is 0 Å². The molecule has 0 aliphatic heterocycles. The molecule has 0 saturated heterocycles. The Hall–Kier alpha value is -0.900. The quantitative estimate of drug-likeness (QED) is 0.380. The van der Waals surface area contributed by atoms with Gasteiger partial charge in [-0.15, -0.1) is 11.3 Å². The molecular formula is C17H26N2S. The van der Waals surface area contributed by atoms with E-state index in [1.165, 1.54) is 54.2 Å². The zero-order valence-corrected chi connectivity index (χ0v) is 13.2. The predicted octanol–water partition coefficient (Wildman–Crippen LogP) is 5.16. The van der Waals surface area contributed by atoms with Gasteiger partial charge in [0.25, 0.3) is 0 Å². The highest BCUT2D eigenvalue weighted by Gasteiger charge is 2.13. The van der Waals surface area contributed by atoms with Crippen LogP contribution in [0.4, 0.5) is 0 Å². The second kappa shape index (κ2) is 8.40. The summed E-state index contributed by atoms with van der Waals surface area (Å²) in [5, 5.41) is 3.61. The van der Waals surface area contributed by atoms with Gasteiger partial charge in [-0.2, -0.15) is 0 Å². The van der Waals surface area contributed by atoms with Crippen molar-refractivity contribution in [3.8, 4) is 0 Å². The average Bonchev–Trinajstić information content (AvgIpc) is 2.91. The third-order valence-electron chi connectivity index (χ3n) is 3.93. The first-order valence-corrected chi connectivity index (χ1v) is 8.67. The Morgan fingerprint density at radius 1 is 1.10 bits per heavy atom. The molecule has 0 bridgehead atoms. The molecule has 1 aromatic carbocycles. The molecule has 0 amide bonds. The Morgan fingerprint density at radius 3 is 2.65 bits per heavy atom. The van der Waals surface area contributed by atoms with Crippen molar-refractivity contribution in [3.63, 3.8) is 0 Å². The van der Waals surface area contributed by atoms with E-state index in [9.17, 15) is 0 Å². The predicted molar refractivity (Wildman–Crippen MR) is 89.9 cm³/mol. The van der Waals surface area contributed by atoms with Gasteiger partial charge in [-0.05, 0) is 28.8 Å². The highest BCUT2D eigenvalue weighted by Crippen LogP contribution is 2.32. The van der Waals surface area contributed by atoms with Gasteiger partial charge < -0.3 is 0 Å². The van der Waals surface area contributed by atoms with Gasteiger partial charge in [0, 0.05) is 10.7 Å². The smallest absolute Gasteiger partial charge is 0.0474 e. The van der Waals surface area contributed by atoms with Crippen molar-refractivity contribution >= 4 is 21.4 Å². The van der Waals surface area contributed by atoms with E-state index in [-0.39, 0.29) is 6.04 Å². The van der Waals surface area contributed by atoms with E-state index in [1.807, 2.05) is 11.3 Å². The number of thiophene rings is 1. The normalized spacial score (nSPS) is 12.9. The minimum Gasteiger partial charge on any atom is -0.271 e. The number of rotatable bonds is 9. The zero-order valence-electron chi connectivity index (χ0n) is 12.4. The van der Waals surface area contributed by atoms with Crippen LogP contribution < -0.4 is 11.3 Å². The highest BCUT2D eigenvalue weighted by molar-refractivity contribution is 7.17. The van der Waals surface area contributed by atoms with Crippen molar-refractivity contribution in [1.82, 2.24) is 5.43 Å². The minimum absolute atomic E-state index is 0.289. The fourth-order valence-electron chi connectivity index (χ4n) is 2.73. The average molecular weight is 290 g/mol. The Morgan fingerprint density at radius 2 is 1.85 bits per heavy atom. The summed E-state index contributed by atoms with van der Waals surface area (Å²) in [6.45, 7) is 2.26. The molecule has 1 atom stereocenters. The number of nitrogens with one attached hydrogen (secondary N) is 1. The molecule has 2 nitrogen and oxygen atoms in total. The maximum absolute atomic E-state index is 5.77. The molecule has 1 aromatic heterocycles. The number of unbranched alkanes of at least 4 members (excludes halogenated alkanes) is 5. The lowest BCUT2D eigenvalue weighted by Crippen LogP contribution is -2.27. The first-order chi connectivity index (χ1) is 9.86. The summed E-state index contributed by atoms with van der Waals surface area (Å²) in [5.74, 6) is 5.77. The molecule has 3 heteroatoms. The maximum atomic E-state index is 5.77. The van der Waals surface area contributed by atoms with E-state index in [1.54, 1.807) is 0 Å². The number of hydrogen-bond acceptors (Lipinski definition) is 3. The van der Waals surface area contributed by atoms with E-state index >= 15 is 0 Å². The lowest BCUT2D eigenvalue weighted by molar-refractivity contribution is 0.480. The van der Waals surface area contributed by atoms with Crippen molar-refractivity contribution in [2.75, 3.05) is 0 Å². The molecule has 0 spiro atoms. The van der Waals surface area contributed by atoms with Crippen molar-refractivity contribution in [2.45, 2.75) is 57.9 Å². The molecule has 2 aromatic rings. The van der Waals surface area contributed by atoms with Crippen molar-refractivity contribution in [1.29, 1.82) is 0 Å². The fourth-order valence-corrected chi connectivity index (χ4v) is 3.74.